The largest absolute Gasteiger partial charge is 0.377 e. The van der Waals surface area contributed by atoms with E-state index in [2.05, 4.69) is 71.4 Å². The van der Waals surface area contributed by atoms with Crippen molar-refractivity contribution in [1.82, 2.24) is 4.57 Å². The lowest BCUT2D eigenvalue weighted by Crippen LogP contribution is -2.08. The maximum absolute atomic E-state index is 3.62. The van der Waals surface area contributed by atoms with E-state index in [0.717, 1.165) is 6.54 Å². The first-order valence-electron chi connectivity index (χ1n) is 6.75. The number of hydrogen-bond donors (Lipinski definition) is 1. The van der Waals surface area contributed by atoms with Gasteiger partial charge in [-0.25, -0.2) is 0 Å². The fourth-order valence-corrected chi connectivity index (χ4v) is 3.04. The third-order valence-corrected chi connectivity index (χ3v) is 4.00. The third kappa shape index (κ3) is 1.56. The quantitative estimate of drug-likeness (QED) is 0.631. The van der Waals surface area contributed by atoms with Crippen LogP contribution in [0.15, 0.2) is 54.6 Å². The van der Waals surface area contributed by atoms with Crippen LogP contribution in [0.2, 0.25) is 0 Å². The average Bonchev–Trinajstić information content (AvgIpc) is 2.73. The van der Waals surface area contributed by atoms with Crippen LogP contribution in [-0.2, 0) is 6.54 Å². The van der Waals surface area contributed by atoms with E-state index >= 15 is 0 Å². The van der Waals surface area contributed by atoms with Gasteiger partial charge in [0.15, 0.2) is 0 Å². The standard InChI is InChI=1S/C17H16N2/c1-12-17-10-13-6-3-5-9-16(13)19(17)11-14-7-2-4-8-15(14)18-12/h2-10,12,18H,11H2,1H3/t12-/m1/s1. The molecule has 19 heavy (non-hydrogen) atoms. The Kier molecular flexibility index (Phi) is 2.18. The zero-order valence-electron chi connectivity index (χ0n) is 10.9. The number of anilines is 1. The van der Waals surface area contributed by atoms with Crippen molar-refractivity contribution in [1.29, 1.82) is 0 Å². The Hall–Kier alpha value is -2.22. The monoisotopic (exact) mass is 248 g/mol. The van der Waals surface area contributed by atoms with E-state index in [1.165, 1.54) is 27.8 Å². The van der Waals surface area contributed by atoms with Crippen molar-refractivity contribution in [3.05, 3.63) is 65.9 Å². The average molecular weight is 248 g/mol. The van der Waals surface area contributed by atoms with E-state index in [4.69, 9.17) is 0 Å². The highest BCUT2D eigenvalue weighted by molar-refractivity contribution is 5.82. The predicted molar refractivity (Wildman–Crippen MR) is 79.5 cm³/mol. The summed E-state index contributed by atoms with van der Waals surface area (Å²) in [5.74, 6) is 0. The number of para-hydroxylation sites is 2. The van der Waals surface area contributed by atoms with Gasteiger partial charge in [-0.1, -0.05) is 36.4 Å². The van der Waals surface area contributed by atoms with Crippen LogP contribution in [0.25, 0.3) is 10.9 Å². The van der Waals surface area contributed by atoms with Gasteiger partial charge in [0.2, 0.25) is 0 Å². The molecule has 2 heteroatoms. The van der Waals surface area contributed by atoms with Crippen molar-refractivity contribution in [3.8, 4) is 0 Å². The first-order valence-corrected chi connectivity index (χ1v) is 6.75. The van der Waals surface area contributed by atoms with Gasteiger partial charge in [0.25, 0.3) is 0 Å². The number of fused-ring (bicyclic) bond motifs is 4. The summed E-state index contributed by atoms with van der Waals surface area (Å²) < 4.78 is 2.43. The normalized spacial score (nSPS) is 17.4. The summed E-state index contributed by atoms with van der Waals surface area (Å²) in [7, 11) is 0. The summed E-state index contributed by atoms with van der Waals surface area (Å²) in [5, 5.41) is 4.94. The van der Waals surface area contributed by atoms with E-state index in [9.17, 15) is 0 Å². The molecule has 0 fully saturated rings. The molecular formula is C17H16N2. The van der Waals surface area contributed by atoms with Crippen LogP contribution in [0.5, 0.6) is 0 Å². The van der Waals surface area contributed by atoms with Gasteiger partial charge in [0.1, 0.15) is 0 Å². The molecule has 2 nitrogen and oxygen atoms in total. The smallest absolute Gasteiger partial charge is 0.0637 e. The van der Waals surface area contributed by atoms with Crippen molar-refractivity contribution < 1.29 is 0 Å². The molecule has 0 saturated carbocycles. The summed E-state index contributed by atoms with van der Waals surface area (Å²) in [6.07, 6.45) is 0. The number of aromatic nitrogens is 1. The number of rotatable bonds is 0. The van der Waals surface area contributed by atoms with Crippen molar-refractivity contribution >= 4 is 16.6 Å². The molecule has 1 atom stereocenters. The molecule has 0 radical (unpaired) electrons. The Morgan fingerprint density at radius 1 is 1.05 bits per heavy atom. The highest BCUT2D eigenvalue weighted by atomic mass is 15.1. The maximum atomic E-state index is 3.62. The second kappa shape index (κ2) is 3.89. The summed E-state index contributed by atoms with van der Waals surface area (Å²) in [6.45, 7) is 3.17. The molecule has 0 spiro atoms. The highest BCUT2D eigenvalue weighted by Gasteiger charge is 2.19. The zero-order chi connectivity index (χ0) is 12.8. The van der Waals surface area contributed by atoms with Crippen molar-refractivity contribution in [2.24, 2.45) is 0 Å². The lowest BCUT2D eigenvalue weighted by Gasteiger charge is -2.13. The van der Waals surface area contributed by atoms with Crippen LogP contribution in [0, 0.1) is 0 Å². The Labute approximate surface area is 112 Å². The first-order chi connectivity index (χ1) is 9.33. The summed E-state index contributed by atoms with van der Waals surface area (Å²) >= 11 is 0. The molecule has 0 amide bonds. The third-order valence-electron chi connectivity index (χ3n) is 4.00. The van der Waals surface area contributed by atoms with E-state index in [-0.39, 0.29) is 0 Å². The second-order valence-corrected chi connectivity index (χ2v) is 5.24. The van der Waals surface area contributed by atoms with Crippen molar-refractivity contribution in [3.63, 3.8) is 0 Å². The van der Waals surface area contributed by atoms with Crippen LogP contribution in [0.4, 0.5) is 5.69 Å². The van der Waals surface area contributed by atoms with Gasteiger partial charge in [0, 0.05) is 23.4 Å². The number of hydrogen-bond acceptors (Lipinski definition) is 1. The van der Waals surface area contributed by atoms with Crippen molar-refractivity contribution in [2.45, 2.75) is 19.5 Å². The molecule has 2 aromatic carbocycles. The molecule has 0 unspecified atom stereocenters. The highest BCUT2D eigenvalue weighted by Crippen LogP contribution is 2.32. The van der Waals surface area contributed by atoms with Gasteiger partial charge in [0.05, 0.1) is 6.04 Å². The molecule has 1 aliphatic rings. The maximum Gasteiger partial charge on any atom is 0.0637 e. The molecule has 3 aromatic rings. The Morgan fingerprint density at radius 2 is 1.84 bits per heavy atom. The van der Waals surface area contributed by atoms with Crippen LogP contribution >= 0.6 is 0 Å². The van der Waals surface area contributed by atoms with Gasteiger partial charge in [-0.3, -0.25) is 0 Å². The minimum Gasteiger partial charge on any atom is -0.377 e. The Morgan fingerprint density at radius 3 is 2.79 bits per heavy atom. The molecule has 2 heterocycles. The van der Waals surface area contributed by atoms with Gasteiger partial charge in [-0.05, 0) is 36.1 Å². The van der Waals surface area contributed by atoms with E-state index in [1.807, 2.05) is 0 Å². The lowest BCUT2D eigenvalue weighted by molar-refractivity contribution is 0.743. The minimum atomic E-state index is 0.330. The van der Waals surface area contributed by atoms with Gasteiger partial charge < -0.3 is 9.88 Å². The molecule has 0 bridgehead atoms. The fraction of sp³-hybridized carbons (Fsp3) is 0.176. The Bertz CT molecular complexity index is 755. The molecule has 4 rings (SSSR count). The van der Waals surface area contributed by atoms with Crippen molar-refractivity contribution in [2.75, 3.05) is 5.32 Å². The molecule has 0 aliphatic carbocycles. The SMILES string of the molecule is C[C@H]1Nc2ccccc2Cn2c1cc1ccccc12. The molecule has 94 valence electrons. The van der Waals surface area contributed by atoms with Crippen LogP contribution < -0.4 is 5.32 Å². The topological polar surface area (TPSA) is 17.0 Å². The molecular weight excluding hydrogens is 232 g/mol. The number of nitrogens with one attached hydrogen (secondary N) is 1. The summed E-state index contributed by atoms with van der Waals surface area (Å²) in [6, 6.07) is 19.8. The van der Waals surface area contributed by atoms with Crippen LogP contribution in [-0.4, -0.2) is 4.57 Å². The van der Waals surface area contributed by atoms with E-state index < -0.39 is 0 Å². The van der Waals surface area contributed by atoms with Gasteiger partial charge in [-0.15, -0.1) is 0 Å². The molecule has 1 aromatic heterocycles. The molecule has 0 saturated heterocycles. The van der Waals surface area contributed by atoms with Gasteiger partial charge in [-0.2, -0.15) is 0 Å². The molecule has 1 N–H and O–H groups in total. The minimum absolute atomic E-state index is 0.330. The number of nitrogens with zero attached hydrogens (tertiary/aromatic N) is 1. The van der Waals surface area contributed by atoms with Crippen LogP contribution in [0.3, 0.4) is 0 Å². The number of benzene rings is 2. The summed E-state index contributed by atoms with van der Waals surface area (Å²) in [5.41, 5.74) is 5.29. The van der Waals surface area contributed by atoms with E-state index in [0.29, 0.717) is 6.04 Å². The summed E-state index contributed by atoms with van der Waals surface area (Å²) in [4.78, 5) is 0. The van der Waals surface area contributed by atoms with E-state index in [1.54, 1.807) is 0 Å². The fourth-order valence-electron chi connectivity index (χ4n) is 3.04. The first kappa shape index (κ1) is 10.7. The Balaban J connectivity index is 1.99. The predicted octanol–water partition coefficient (Wildman–Crippen LogP) is 4.18. The van der Waals surface area contributed by atoms with Gasteiger partial charge >= 0.3 is 0 Å². The molecule has 1 aliphatic heterocycles. The second-order valence-electron chi connectivity index (χ2n) is 5.24. The lowest BCUT2D eigenvalue weighted by atomic mass is 10.1. The zero-order valence-corrected chi connectivity index (χ0v) is 10.9. The van der Waals surface area contributed by atoms with Crippen LogP contribution in [0.1, 0.15) is 24.2 Å².